The fourth-order valence-electron chi connectivity index (χ4n) is 1.49. The van der Waals surface area contributed by atoms with Crippen molar-refractivity contribution in [3.05, 3.63) is 0 Å². The minimum Gasteiger partial charge on any atom is -0.466 e. The van der Waals surface area contributed by atoms with Crippen LogP contribution in [0.4, 0.5) is 0 Å². The van der Waals surface area contributed by atoms with Crippen molar-refractivity contribution in [2.24, 2.45) is 0 Å². The molecule has 0 aromatic heterocycles. The van der Waals surface area contributed by atoms with E-state index in [9.17, 15) is 9.59 Å². The highest BCUT2D eigenvalue weighted by Crippen LogP contribution is 2.04. The van der Waals surface area contributed by atoms with E-state index < -0.39 is 0 Å². The summed E-state index contributed by atoms with van der Waals surface area (Å²) in [6.45, 7) is 6.19. The fourth-order valence-corrected chi connectivity index (χ4v) is 1.49. The highest BCUT2D eigenvalue weighted by molar-refractivity contribution is 5.77. The Morgan fingerprint density at radius 2 is 1.56 bits per heavy atom. The van der Waals surface area contributed by atoms with Crippen molar-refractivity contribution in [1.29, 1.82) is 0 Å². The summed E-state index contributed by atoms with van der Waals surface area (Å²) in [6.07, 6.45) is 5.71. The third-order valence-electron chi connectivity index (χ3n) is 2.41. The minimum atomic E-state index is -0.343. The predicted molar refractivity (Wildman–Crippen MR) is 70.2 cm³/mol. The number of esters is 2. The number of hydrogen-bond donors (Lipinski definition) is 0. The van der Waals surface area contributed by atoms with E-state index in [-0.39, 0.29) is 30.9 Å². The molecule has 0 spiro atoms. The van der Waals surface area contributed by atoms with Crippen LogP contribution in [0.5, 0.6) is 0 Å². The second kappa shape index (κ2) is 11.1. The van der Waals surface area contributed by atoms with Gasteiger partial charge in [0.1, 0.15) is 0 Å². The molecule has 0 saturated heterocycles. The average Bonchev–Trinajstić information content (AvgIpc) is 2.30. The van der Waals surface area contributed by atoms with Crippen LogP contribution in [0.3, 0.4) is 0 Å². The number of ether oxygens (including phenoxy) is 2. The molecule has 0 aliphatic rings. The SMILES string of the molecule is CCCCCCCOC(=O)CCC(=O)OC(C)C. The molecule has 0 radical (unpaired) electrons. The second-order valence-corrected chi connectivity index (χ2v) is 4.67. The van der Waals surface area contributed by atoms with E-state index in [2.05, 4.69) is 6.92 Å². The first-order chi connectivity index (χ1) is 8.56. The lowest BCUT2D eigenvalue weighted by Crippen LogP contribution is -2.14. The Kier molecular flexibility index (Phi) is 10.4. The fraction of sp³-hybridized carbons (Fsp3) is 0.857. The van der Waals surface area contributed by atoms with Crippen molar-refractivity contribution in [3.8, 4) is 0 Å². The zero-order chi connectivity index (χ0) is 13.8. The van der Waals surface area contributed by atoms with Crippen molar-refractivity contribution in [2.45, 2.75) is 71.8 Å². The lowest BCUT2D eigenvalue weighted by atomic mass is 10.2. The van der Waals surface area contributed by atoms with E-state index in [1.54, 1.807) is 13.8 Å². The monoisotopic (exact) mass is 258 g/mol. The molecular weight excluding hydrogens is 232 g/mol. The number of unbranched alkanes of at least 4 members (excludes halogenated alkanes) is 4. The van der Waals surface area contributed by atoms with Crippen LogP contribution in [0.2, 0.25) is 0 Å². The summed E-state index contributed by atoms with van der Waals surface area (Å²) in [7, 11) is 0. The molecule has 0 fully saturated rings. The van der Waals surface area contributed by atoms with Crippen LogP contribution in [0.25, 0.3) is 0 Å². The lowest BCUT2D eigenvalue weighted by molar-refractivity contribution is -0.152. The molecule has 0 rings (SSSR count). The Bertz CT molecular complexity index is 236. The van der Waals surface area contributed by atoms with E-state index in [0.29, 0.717) is 6.61 Å². The van der Waals surface area contributed by atoms with Crippen LogP contribution >= 0.6 is 0 Å². The third-order valence-corrected chi connectivity index (χ3v) is 2.41. The number of carbonyl (C=O) groups is 2. The van der Waals surface area contributed by atoms with Crippen LogP contribution in [0.15, 0.2) is 0 Å². The topological polar surface area (TPSA) is 52.6 Å². The van der Waals surface area contributed by atoms with Gasteiger partial charge in [-0.25, -0.2) is 0 Å². The maximum atomic E-state index is 11.3. The molecule has 18 heavy (non-hydrogen) atoms. The molecule has 0 aromatic rings. The van der Waals surface area contributed by atoms with Gasteiger partial charge in [-0.2, -0.15) is 0 Å². The summed E-state index contributed by atoms with van der Waals surface area (Å²) < 4.78 is 9.95. The molecule has 0 heterocycles. The van der Waals surface area contributed by atoms with Gasteiger partial charge < -0.3 is 9.47 Å². The average molecular weight is 258 g/mol. The van der Waals surface area contributed by atoms with Gasteiger partial charge >= 0.3 is 11.9 Å². The predicted octanol–water partition coefficient (Wildman–Crippen LogP) is 3.23. The van der Waals surface area contributed by atoms with E-state index >= 15 is 0 Å². The van der Waals surface area contributed by atoms with Crippen LogP contribution in [-0.4, -0.2) is 24.6 Å². The second-order valence-electron chi connectivity index (χ2n) is 4.67. The van der Waals surface area contributed by atoms with Crippen LogP contribution in [0, 0.1) is 0 Å². The van der Waals surface area contributed by atoms with E-state index in [1.165, 1.54) is 19.3 Å². The Morgan fingerprint density at radius 1 is 0.944 bits per heavy atom. The molecule has 0 N–H and O–H groups in total. The summed E-state index contributed by atoms with van der Waals surface area (Å²) in [5, 5.41) is 0. The molecule has 0 aliphatic heterocycles. The van der Waals surface area contributed by atoms with Crippen molar-refractivity contribution in [1.82, 2.24) is 0 Å². The Morgan fingerprint density at radius 3 is 2.17 bits per heavy atom. The zero-order valence-corrected chi connectivity index (χ0v) is 11.9. The third kappa shape index (κ3) is 11.4. The smallest absolute Gasteiger partial charge is 0.306 e. The largest absolute Gasteiger partial charge is 0.466 e. The first-order valence-corrected chi connectivity index (χ1v) is 6.91. The molecule has 4 nitrogen and oxygen atoms in total. The highest BCUT2D eigenvalue weighted by Gasteiger charge is 2.10. The molecule has 0 atom stereocenters. The number of rotatable bonds is 10. The van der Waals surface area contributed by atoms with Crippen molar-refractivity contribution in [2.75, 3.05) is 6.61 Å². The zero-order valence-electron chi connectivity index (χ0n) is 11.9. The Hall–Kier alpha value is -1.06. The van der Waals surface area contributed by atoms with Gasteiger partial charge in [0, 0.05) is 0 Å². The number of hydrogen-bond acceptors (Lipinski definition) is 4. The highest BCUT2D eigenvalue weighted by atomic mass is 16.5. The Labute approximate surface area is 110 Å². The maximum Gasteiger partial charge on any atom is 0.306 e. The van der Waals surface area contributed by atoms with Gasteiger partial charge in [0.15, 0.2) is 0 Å². The van der Waals surface area contributed by atoms with Gasteiger partial charge in [0.25, 0.3) is 0 Å². The normalized spacial score (nSPS) is 10.4. The van der Waals surface area contributed by atoms with Gasteiger partial charge in [-0.05, 0) is 20.3 Å². The molecule has 0 unspecified atom stereocenters. The van der Waals surface area contributed by atoms with E-state index in [1.807, 2.05) is 0 Å². The molecule has 4 heteroatoms. The maximum absolute atomic E-state index is 11.3. The van der Waals surface area contributed by atoms with Crippen molar-refractivity contribution in [3.63, 3.8) is 0 Å². The summed E-state index contributed by atoms with van der Waals surface area (Å²) >= 11 is 0. The van der Waals surface area contributed by atoms with Gasteiger partial charge in [-0.3, -0.25) is 9.59 Å². The first-order valence-electron chi connectivity index (χ1n) is 6.91. The Balaban J connectivity index is 3.40. The van der Waals surface area contributed by atoms with E-state index in [4.69, 9.17) is 9.47 Å². The molecule has 0 bridgehead atoms. The molecule has 106 valence electrons. The van der Waals surface area contributed by atoms with Crippen molar-refractivity contribution < 1.29 is 19.1 Å². The molecule has 0 saturated carbocycles. The molecule has 0 aromatic carbocycles. The van der Waals surface area contributed by atoms with E-state index in [0.717, 1.165) is 12.8 Å². The first kappa shape index (κ1) is 16.9. The standard InChI is InChI=1S/C14H26O4/c1-4-5-6-7-8-11-17-13(15)9-10-14(16)18-12(2)3/h12H,4-11H2,1-3H3. The van der Waals surface area contributed by atoms with Gasteiger partial charge in [0.2, 0.25) is 0 Å². The summed E-state index contributed by atoms with van der Waals surface area (Å²) in [5.74, 6) is -0.656. The summed E-state index contributed by atoms with van der Waals surface area (Å²) in [4.78, 5) is 22.5. The van der Waals surface area contributed by atoms with Gasteiger partial charge in [-0.15, -0.1) is 0 Å². The van der Waals surface area contributed by atoms with Crippen LogP contribution in [-0.2, 0) is 19.1 Å². The van der Waals surface area contributed by atoms with Crippen LogP contribution in [0.1, 0.15) is 65.7 Å². The quantitative estimate of drug-likeness (QED) is 0.446. The summed E-state index contributed by atoms with van der Waals surface area (Å²) in [5.41, 5.74) is 0. The van der Waals surface area contributed by atoms with Gasteiger partial charge in [-0.1, -0.05) is 32.6 Å². The molecule has 0 amide bonds. The van der Waals surface area contributed by atoms with Crippen molar-refractivity contribution >= 4 is 11.9 Å². The van der Waals surface area contributed by atoms with Gasteiger partial charge in [0.05, 0.1) is 25.6 Å². The minimum absolute atomic E-state index is 0.104. The molecular formula is C14H26O4. The van der Waals surface area contributed by atoms with Crippen LogP contribution < -0.4 is 0 Å². The molecule has 0 aliphatic carbocycles. The summed E-state index contributed by atoms with van der Waals surface area (Å²) in [6, 6.07) is 0. The lowest BCUT2D eigenvalue weighted by Gasteiger charge is -2.07. The number of carbonyl (C=O) groups excluding carboxylic acids is 2.